The lowest BCUT2D eigenvalue weighted by atomic mass is 9.78. The molecule has 0 N–H and O–H groups in total. The molecule has 30 heavy (non-hydrogen) atoms. The average molecular weight is 462 g/mol. The Kier molecular flexibility index (Phi) is 5.05. The van der Waals surface area contributed by atoms with Crippen LogP contribution in [0.15, 0.2) is 47.4 Å². The number of hydrogen-bond donors (Lipinski definition) is 0. The Hall–Kier alpha value is -1.67. The van der Waals surface area contributed by atoms with Gasteiger partial charge in [-0.15, -0.1) is 11.3 Å². The van der Waals surface area contributed by atoms with Crippen molar-refractivity contribution in [2.45, 2.75) is 31.1 Å². The van der Waals surface area contributed by atoms with Gasteiger partial charge >= 0.3 is 0 Å². The fourth-order valence-corrected chi connectivity index (χ4v) is 7.58. The van der Waals surface area contributed by atoms with Gasteiger partial charge in [0.2, 0.25) is 10.0 Å². The van der Waals surface area contributed by atoms with Gasteiger partial charge in [0.05, 0.1) is 20.2 Å². The molecule has 3 heterocycles. The van der Waals surface area contributed by atoms with Crippen molar-refractivity contribution < 1.29 is 8.42 Å². The van der Waals surface area contributed by atoms with Crippen molar-refractivity contribution in [2.75, 3.05) is 31.1 Å². The van der Waals surface area contributed by atoms with E-state index in [2.05, 4.69) is 28.1 Å². The van der Waals surface area contributed by atoms with Crippen molar-refractivity contribution in [3.05, 3.63) is 52.5 Å². The maximum absolute atomic E-state index is 13.0. The summed E-state index contributed by atoms with van der Waals surface area (Å²) in [5.74, 6) is 0. The molecule has 2 aliphatic rings. The minimum absolute atomic E-state index is 0.186. The second-order valence-electron chi connectivity index (χ2n) is 8.39. The smallest absolute Gasteiger partial charge is 0.244 e. The van der Waals surface area contributed by atoms with E-state index in [1.807, 2.05) is 6.92 Å². The van der Waals surface area contributed by atoms with E-state index >= 15 is 0 Å². The van der Waals surface area contributed by atoms with E-state index in [1.54, 1.807) is 39.9 Å². The van der Waals surface area contributed by atoms with Gasteiger partial charge in [0.25, 0.3) is 0 Å². The molecular formula is C22H24ClN3O2S2. The molecule has 2 aliphatic heterocycles. The van der Waals surface area contributed by atoms with Crippen molar-refractivity contribution in [3.63, 3.8) is 0 Å². The normalized spacial score (nSPS) is 19.7. The Morgan fingerprint density at radius 2 is 1.80 bits per heavy atom. The first-order valence-corrected chi connectivity index (χ1v) is 12.9. The lowest BCUT2D eigenvalue weighted by Crippen LogP contribution is -2.44. The fraction of sp³-hybridized carbons (Fsp3) is 0.409. The van der Waals surface area contributed by atoms with E-state index in [-0.39, 0.29) is 10.3 Å². The van der Waals surface area contributed by atoms with Crippen LogP contribution in [0.25, 0.3) is 10.2 Å². The molecule has 0 saturated carbocycles. The molecule has 5 rings (SSSR count). The molecule has 0 atom stereocenters. The highest BCUT2D eigenvalue weighted by Gasteiger charge is 2.43. The van der Waals surface area contributed by atoms with E-state index in [4.69, 9.17) is 11.6 Å². The van der Waals surface area contributed by atoms with Gasteiger partial charge in [-0.3, -0.25) is 0 Å². The standard InChI is InChI=1S/C22H24ClN3O2S2/c1-16-24-19-7-6-17(14-20(19)29-16)25-11-8-22(15-25)9-12-26(13-10-22)30(27,28)21-5-3-2-4-18(21)23/h2-7,14H,8-13,15H2,1H3. The Bertz CT molecular complexity index is 1200. The molecule has 0 bridgehead atoms. The van der Waals surface area contributed by atoms with Gasteiger partial charge in [0.15, 0.2) is 0 Å². The Labute approximate surface area is 186 Å². The summed E-state index contributed by atoms with van der Waals surface area (Å²) in [7, 11) is -3.54. The van der Waals surface area contributed by atoms with E-state index in [0.717, 1.165) is 42.9 Å². The maximum Gasteiger partial charge on any atom is 0.244 e. The number of fused-ring (bicyclic) bond motifs is 1. The molecule has 0 unspecified atom stereocenters. The SMILES string of the molecule is Cc1nc2ccc(N3CCC4(CCN(S(=O)(=O)c5ccccc5Cl)CC4)C3)cc2s1. The van der Waals surface area contributed by atoms with E-state index in [9.17, 15) is 8.42 Å². The van der Waals surface area contributed by atoms with Crippen LogP contribution in [-0.2, 0) is 10.0 Å². The topological polar surface area (TPSA) is 53.5 Å². The lowest BCUT2D eigenvalue weighted by molar-refractivity contribution is 0.177. The summed E-state index contributed by atoms with van der Waals surface area (Å²) in [6, 6.07) is 13.2. The molecule has 5 nitrogen and oxygen atoms in total. The number of aromatic nitrogens is 1. The third-order valence-electron chi connectivity index (χ3n) is 6.52. The molecule has 1 aromatic heterocycles. The summed E-state index contributed by atoms with van der Waals surface area (Å²) in [5.41, 5.74) is 2.49. The van der Waals surface area contributed by atoms with E-state index < -0.39 is 10.0 Å². The average Bonchev–Trinajstić information content (AvgIpc) is 3.30. The van der Waals surface area contributed by atoms with E-state index in [0.29, 0.717) is 18.1 Å². The van der Waals surface area contributed by atoms with Crippen LogP contribution in [0.3, 0.4) is 0 Å². The summed E-state index contributed by atoms with van der Waals surface area (Å²) < 4.78 is 28.9. The summed E-state index contributed by atoms with van der Waals surface area (Å²) in [6.07, 6.45) is 2.87. The number of hydrogen-bond acceptors (Lipinski definition) is 5. The van der Waals surface area contributed by atoms with Crippen LogP contribution >= 0.6 is 22.9 Å². The molecule has 0 aliphatic carbocycles. The first-order chi connectivity index (χ1) is 14.4. The Morgan fingerprint density at radius 1 is 1.07 bits per heavy atom. The van der Waals surface area contributed by atoms with Crippen LogP contribution in [-0.4, -0.2) is 43.9 Å². The van der Waals surface area contributed by atoms with Gasteiger partial charge in [0.1, 0.15) is 4.90 Å². The Balaban J connectivity index is 1.30. The predicted molar refractivity (Wildman–Crippen MR) is 123 cm³/mol. The van der Waals surface area contributed by atoms with Gasteiger partial charge in [-0.25, -0.2) is 13.4 Å². The highest BCUT2D eigenvalue weighted by molar-refractivity contribution is 7.89. The summed E-state index contributed by atoms with van der Waals surface area (Å²) in [4.78, 5) is 7.22. The molecule has 0 amide bonds. The molecule has 2 saturated heterocycles. The molecule has 158 valence electrons. The predicted octanol–water partition coefficient (Wildman–Crippen LogP) is 4.94. The fourth-order valence-electron chi connectivity index (χ4n) is 4.78. The third-order valence-corrected chi connectivity index (χ3v) is 9.85. The monoisotopic (exact) mass is 461 g/mol. The van der Waals surface area contributed by atoms with Crippen LogP contribution in [0, 0.1) is 12.3 Å². The number of anilines is 1. The molecule has 3 aromatic rings. The molecule has 2 fully saturated rings. The second kappa shape index (κ2) is 7.48. The van der Waals surface area contributed by atoms with Gasteiger partial charge in [0, 0.05) is 31.9 Å². The van der Waals surface area contributed by atoms with Crippen LogP contribution in [0.2, 0.25) is 5.02 Å². The summed E-state index contributed by atoms with van der Waals surface area (Å²) in [6.45, 7) is 5.14. The molecular weight excluding hydrogens is 438 g/mol. The highest BCUT2D eigenvalue weighted by Crippen LogP contribution is 2.43. The van der Waals surface area contributed by atoms with Crippen LogP contribution in [0.5, 0.6) is 0 Å². The van der Waals surface area contributed by atoms with Gasteiger partial charge < -0.3 is 4.90 Å². The molecule has 0 radical (unpaired) electrons. The van der Waals surface area contributed by atoms with E-state index in [1.165, 1.54) is 10.4 Å². The van der Waals surface area contributed by atoms with Crippen LogP contribution < -0.4 is 4.90 Å². The van der Waals surface area contributed by atoms with Crippen LogP contribution in [0.1, 0.15) is 24.3 Å². The number of sulfonamides is 1. The van der Waals surface area contributed by atoms with Gasteiger partial charge in [-0.05, 0) is 61.9 Å². The number of nitrogens with zero attached hydrogens (tertiary/aromatic N) is 3. The zero-order valence-electron chi connectivity index (χ0n) is 16.8. The van der Waals surface area contributed by atoms with Crippen molar-refractivity contribution >= 4 is 48.9 Å². The summed E-state index contributed by atoms with van der Waals surface area (Å²) >= 11 is 7.89. The minimum atomic E-state index is -3.54. The highest BCUT2D eigenvalue weighted by atomic mass is 35.5. The lowest BCUT2D eigenvalue weighted by Gasteiger charge is -2.38. The number of benzene rings is 2. The number of rotatable bonds is 3. The number of aryl methyl sites for hydroxylation is 1. The first-order valence-electron chi connectivity index (χ1n) is 10.2. The number of piperidine rings is 1. The third kappa shape index (κ3) is 3.51. The second-order valence-corrected chi connectivity index (χ2v) is 11.9. The number of thiazole rings is 1. The van der Waals surface area contributed by atoms with Crippen molar-refractivity contribution in [1.29, 1.82) is 0 Å². The minimum Gasteiger partial charge on any atom is -0.371 e. The first kappa shape index (κ1) is 20.2. The molecule has 1 spiro atoms. The number of halogens is 1. The van der Waals surface area contributed by atoms with Gasteiger partial charge in [-0.2, -0.15) is 4.31 Å². The zero-order valence-corrected chi connectivity index (χ0v) is 19.2. The molecule has 8 heteroatoms. The van der Waals surface area contributed by atoms with Crippen LogP contribution in [0.4, 0.5) is 5.69 Å². The molecule has 2 aromatic carbocycles. The summed E-state index contributed by atoms with van der Waals surface area (Å²) in [5, 5.41) is 1.38. The van der Waals surface area contributed by atoms with Gasteiger partial charge in [-0.1, -0.05) is 23.7 Å². The Morgan fingerprint density at radius 3 is 2.57 bits per heavy atom. The van der Waals surface area contributed by atoms with Crippen molar-refractivity contribution in [2.24, 2.45) is 5.41 Å². The van der Waals surface area contributed by atoms with Crippen molar-refractivity contribution in [3.8, 4) is 0 Å². The van der Waals surface area contributed by atoms with Crippen molar-refractivity contribution in [1.82, 2.24) is 9.29 Å². The largest absolute Gasteiger partial charge is 0.371 e. The quantitative estimate of drug-likeness (QED) is 0.554. The zero-order chi connectivity index (χ0) is 20.9. The maximum atomic E-state index is 13.0.